The van der Waals surface area contributed by atoms with Gasteiger partial charge in [-0.1, -0.05) is 41.0 Å². The second-order valence-electron chi connectivity index (χ2n) is 4.08. The van der Waals surface area contributed by atoms with Crippen LogP contribution >= 0.6 is 0 Å². The molecule has 0 nitrogen and oxygen atoms in total. The van der Waals surface area contributed by atoms with Crippen LogP contribution in [-0.2, 0) is 0 Å². The van der Waals surface area contributed by atoms with Crippen molar-refractivity contribution in [3.8, 4) is 0 Å². The summed E-state index contributed by atoms with van der Waals surface area (Å²) < 4.78 is 0. The molecule has 0 saturated heterocycles. The Labute approximate surface area is 72.4 Å². The quantitative estimate of drug-likeness (QED) is 0.566. The number of hydrogen-bond acceptors (Lipinski definition) is 0. The summed E-state index contributed by atoms with van der Waals surface area (Å²) in [6, 6.07) is 0. The lowest BCUT2D eigenvalue weighted by molar-refractivity contribution is 0.368. The summed E-state index contributed by atoms with van der Waals surface area (Å²) in [5.74, 6) is 2.20. The van der Waals surface area contributed by atoms with Gasteiger partial charge < -0.3 is 0 Å². The maximum Gasteiger partial charge on any atom is -0.0438 e. The first-order valence-corrected chi connectivity index (χ1v) is 4.68. The molecule has 0 spiro atoms. The van der Waals surface area contributed by atoms with Gasteiger partial charge in [0.05, 0.1) is 0 Å². The molecule has 0 aliphatic rings. The van der Waals surface area contributed by atoms with E-state index in [4.69, 9.17) is 0 Å². The highest BCUT2D eigenvalue weighted by Gasteiger charge is 2.08. The third kappa shape index (κ3) is 6.40. The lowest BCUT2D eigenvalue weighted by Gasteiger charge is -2.17. The maximum atomic E-state index is 4.00. The van der Waals surface area contributed by atoms with Crippen LogP contribution < -0.4 is 0 Å². The minimum absolute atomic E-state index is 0.599. The fourth-order valence-corrected chi connectivity index (χ4v) is 1.59. The van der Waals surface area contributed by atoms with Crippen molar-refractivity contribution in [2.45, 2.75) is 40.0 Å². The average molecular weight is 154 g/mol. The summed E-state index contributed by atoms with van der Waals surface area (Å²) >= 11 is 0. The highest BCUT2D eigenvalue weighted by Crippen LogP contribution is 2.20. The normalized spacial score (nSPS) is 16.9. The van der Waals surface area contributed by atoms with Crippen molar-refractivity contribution in [3.05, 3.63) is 13.8 Å². The molecule has 0 aliphatic heterocycles. The van der Waals surface area contributed by atoms with Crippen molar-refractivity contribution >= 4 is 0 Å². The van der Waals surface area contributed by atoms with E-state index in [2.05, 4.69) is 34.6 Å². The second-order valence-corrected chi connectivity index (χ2v) is 4.08. The van der Waals surface area contributed by atoms with E-state index < -0.39 is 0 Å². The second kappa shape index (κ2) is 5.62. The highest BCUT2D eigenvalue weighted by molar-refractivity contribution is 4.64. The summed E-state index contributed by atoms with van der Waals surface area (Å²) in [6.45, 7) is 14.7. The first-order chi connectivity index (χ1) is 5.06. The van der Waals surface area contributed by atoms with Crippen molar-refractivity contribution in [1.82, 2.24) is 0 Å². The fraction of sp³-hybridized carbons (Fsp3) is 0.818. The van der Waals surface area contributed by atoms with Gasteiger partial charge in [-0.25, -0.2) is 0 Å². The molecule has 0 aliphatic carbocycles. The van der Waals surface area contributed by atoms with Crippen LogP contribution in [0.3, 0.4) is 0 Å². The minimum Gasteiger partial charge on any atom is -0.0625 e. The highest BCUT2D eigenvalue weighted by atomic mass is 14.1. The Morgan fingerprint density at radius 1 is 1.00 bits per heavy atom. The van der Waals surface area contributed by atoms with Gasteiger partial charge in [-0.15, -0.1) is 0 Å². The van der Waals surface area contributed by atoms with Crippen molar-refractivity contribution < 1.29 is 0 Å². The molecule has 0 bridgehead atoms. The van der Waals surface area contributed by atoms with Gasteiger partial charge in [-0.05, 0) is 30.6 Å². The van der Waals surface area contributed by atoms with E-state index >= 15 is 0 Å². The van der Waals surface area contributed by atoms with Crippen LogP contribution in [0.2, 0.25) is 0 Å². The lowest BCUT2D eigenvalue weighted by atomic mass is 9.89. The molecule has 0 aromatic heterocycles. The molecule has 0 N–H and O–H groups in total. The molecule has 3 unspecified atom stereocenters. The van der Waals surface area contributed by atoms with Crippen LogP contribution in [0.25, 0.3) is 0 Å². The van der Waals surface area contributed by atoms with Crippen LogP contribution in [0.4, 0.5) is 0 Å². The maximum absolute atomic E-state index is 4.00. The zero-order chi connectivity index (χ0) is 8.85. The van der Waals surface area contributed by atoms with Gasteiger partial charge in [-0.3, -0.25) is 0 Å². The zero-order valence-corrected chi connectivity index (χ0v) is 8.27. The predicted octanol–water partition coefficient (Wildman–Crippen LogP) is 3.73. The molecule has 11 heavy (non-hydrogen) atoms. The van der Waals surface area contributed by atoms with Crippen LogP contribution in [0.5, 0.6) is 0 Å². The fourth-order valence-electron chi connectivity index (χ4n) is 1.59. The summed E-state index contributed by atoms with van der Waals surface area (Å²) in [5.41, 5.74) is 0. The van der Waals surface area contributed by atoms with Crippen molar-refractivity contribution in [1.29, 1.82) is 0 Å². The minimum atomic E-state index is 0.599. The molecular weight excluding hydrogens is 132 g/mol. The Bertz CT molecular complexity index is 84.0. The van der Waals surface area contributed by atoms with Crippen LogP contribution in [-0.4, -0.2) is 0 Å². The van der Waals surface area contributed by atoms with Crippen LogP contribution in [0, 0.1) is 31.6 Å². The first-order valence-electron chi connectivity index (χ1n) is 4.68. The molecular formula is C11H22. The van der Waals surface area contributed by atoms with Gasteiger partial charge in [-0.2, -0.15) is 0 Å². The summed E-state index contributed by atoms with van der Waals surface area (Å²) in [6.07, 6.45) is 3.63. The summed E-state index contributed by atoms with van der Waals surface area (Å²) in [5, 5.41) is 0. The Hall–Kier alpha value is 0. The van der Waals surface area contributed by atoms with Gasteiger partial charge in [0.2, 0.25) is 0 Å². The molecule has 0 heteroatoms. The molecule has 0 amide bonds. The van der Waals surface area contributed by atoms with Crippen molar-refractivity contribution in [3.63, 3.8) is 0 Å². The van der Waals surface area contributed by atoms with E-state index in [9.17, 15) is 0 Å². The molecule has 0 aromatic carbocycles. The standard InChI is InChI=1S/C11H22/c1-6-10(4)8-11(5)7-9(2)3/h9-11H,1-2,6-8H2,3-5H3. The van der Waals surface area contributed by atoms with Gasteiger partial charge in [0.25, 0.3) is 0 Å². The molecule has 0 fully saturated rings. The number of hydrogen-bond donors (Lipinski definition) is 0. The Balaban J connectivity index is 3.43. The number of rotatable bonds is 5. The van der Waals surface area contributed by atoms with Crippen LogP contribution in [0.1, 0.15) is 40.0 Å². The first kappa shape index (κ1) is 11.0. The summed E-state index contributed by atoms with van der Waals surface area (Å²) in [7, 11) is 0. The lowest BCUT2D eigenvalue weighted by Crippen LogP contribution is -2.05. The monoisotopic (exact) mass is 154 g/mol. The molecule has 2 radical (unpaired) electrons. The van der Waals surface area contributed by atoms with E-state index in [-0.39, 0.29) is 0 Å². The molecule has 0 rings (SSSR count). The van der Waals surface area contributed by atoms with E-state index in [0.29, 0.717) is 5.92 Å². The Morgan fingerprint density at radius 3 is 1.91 bits per heavy atom. The van der Waals surface area contributed by atoms with Gasteiger partial charge in [0, 0.05) is 0 Å². The van der Waals surface area contributed by atoms with E-state index in [1.54, 1.807) is 0 Å². The van der Waals surface area contributed by atoms with Crippen molar-refractivity contribution in [2.24, 2.45) is 17.8 Å². The van der Waals surface area contributed by atoms with E-state index in [1.165, 1.54) is 12.8 Å². The molecule has 66 valence electrons. The third-order valence-corrected chi connectivity index (χ3v) is 2.10. The summed E-state index contributed by atoms with van der Waals surface area (Å²) in [4.78, 5) is 0. The molecule has 3 atom stereocenters. The third-order valence-electron chi connectivity index (χ3n) is 2.10. The van der Waals surface area contributed by atoms with Gasteiger partial charge in [0.1, 0.15) is 0 Å². The SMILES string of the molecule is [CH2]CC(C)CC(C)CC([CH2])C. The predicted molar refractivity (Wildman–Crippen MR) is 52.1 cm³/mol. The largest absolute Gasteiger partial charge is 0.0625 e. The smallest absolute Gasteiger partial charge is 0.0438 e. The van der Waals surface area contributed by atoms with E-state index in [0.717, 1.165) is 18.3 Å². The van der Waals surface area contributed by atoms with Crippen LogP contribution in [0.15, 0.2) is 0 Å². The Kier molecular flexibility index (Phi) is 5.62. The molecule has 0 aromatic rings. The zero-order valence-electron chi connectivity index (χ0n) is 8.27. The van der Waals surface area contributed by atoms with Crippen molar-refractivity contribution in [2.75, 3.05) is 0 Å². The van der Waals surface area contributed by atoms with Gasteiger partial charge in [0.15, 0.2) is 0 Å². The van der Waals surface area contributed by atoms with Gasteiger partial charge >= 0.3 is 0 Å². The topological polar surface area (TPSA) is 0 Å². The van der Waals surface area contributed by atoms with E-state index in [1.807, 2.05) is 0 Å². The Morgan fingerprint density at radius 2 is 1.55 bits per heavy atom. The average Bonchev–Trinajstić information content (AvgIpc) is 1.85. The molecule has 0 saturated carbocycles. The molecule has 0 heterocycles.